The standard InChI is InChI=1S/C23H19F4IN4O3S/c1-36(34,35)32-22-19(26)11(6-7-29-22)8-12-9-15(23(33)30-14-3-4-14)21(20(27)18(12)25)31-17-5-2-13(28)10-16(17)24/h2,5-7,9-10,14,31H,3-4,8H2,1H3,(H,29,32)(H,30,33). The highest BCUT2D eigenvalue weighted by Gasteiger charge is 2.29. The van der Waals surface area contributed by atoms with Crippen molar-refractivity contribution in [3.63, 3.8) is 0 Å². The number of pyridine rings is 1. The fourth-order valence-electron chi connectivity index (χ4n) is 3.40. The van der Waals surface area contributed by atoms with Crippen molar-refractivity contribution in [3.8, 4) is 0 Å². The number of sulfonamides is 1. The summed E-state index contributed by atoms with van der Waals surface area (Å²) in [4.78, 5) is 16.5. The summed E-state index contributed by atoms with van der Waals surface area (Å²) >= 11 is 1.89. The molecule has 1 amide bonds. The normalized spacial score (nSPS) is 13.4. The molecule has 1 saturated carbocycles. The first-order valence-electron chi connectivity index (χ1n) is 10.6. The molecule has 1 aromatic heterocycles. The molecule has 1 aliphatic carbocycles. The molecule has 0 atom stereocenters. The molecule has 13 heteroatoms. The molecule has 0 radical (unpaired) electrons. The van der Waals surface area contributed by atoms with E-state index in [0.717, 1.165) is 31.4 Å². The Morgan fingerprint density at radius 1 is 1.06 bits per heavy atom. The van der Waals surface area contributed by atoms with Crippen LogP contribution >= 0.6 is 22.6 Å². The predicted molar refractivity (Wildman–Crippen MR) is 135 cm³/mol. The van der Waals surface area contributed by atoms with Gasteiger partial charge in [0.05, 0.1) is 23.2 Å². The molecule has 0 saturated heterocycles. The highest BCUT2D eigenvalue weighted by molar-refractivity contribution is 14.1. The number of amides is 1. The van der Waals surface area contributed by atoms with Gasteiger partial charge in [0, 0.05) is 22.2 Å². The number of carbonyl (C=O) groups excluding carboxylic acids is 1. The number of rotatable bonds is 8. The molecule has 3 N–H and O–H groups in total. The molecule has 0 aliphatic heterocycles. The third-order valence-electron chi connectivity index (χ3n) is 5.26. The van der Waals surface area contributed by atoms with Crippen molar-refractivity contribution in [2.75, 3.05) is 16.3 Å². The number of aromatic nitrogens is 1. The Kier molecular flexibility index (Phi) is 7.41. The van der Waals surface area contributed by atoms with E-state index >= 15 is 8.78 Å². The second-order valence-corrected chi connectivity index (χ2v) is 11.3. The Morgan fingerprint density at radius 3 is 2.42 bits per heavy atom. The Labute approximate surface area is 217 Å². The Bertz CT molecular complexity index is 1470. The van der Waals surface area contributed by atoms with Crippen molar-refractivity contribution in [2.24, 2.45) is 0 Å². The van der Waals surface area contributed by atoms with Crippen LogP contribution in [-0.2, 0) is 16.4 Å². The monoisotopic (exact) mass is 634 g/mol. The van der Waals surface area contributed by atoms with Crippen molar-refractivity contribution in [1.29, 1.82) is 0 Å². The minimum Gasteiger partial charge on any atom is -0.350 e. The molecule has 2 aromatic carbocycles. The fourth-order valence-corrected chi connectivity index (χ4v) is 4.34. The lowest BCUT2D eigenvalue weighted by Gasteiger charge is -2.17. The van der Waals surface area contributed by atoms with Crippen molar-refractivity contribution in [2.45, 2.75) is 25.3 Å². The molecule has 4 rings (SSSR count). The number of anilines is 3. The first-order valence-corrected chi connectivity index (χ1v) is 13.5. The minimum absolute atomic E-state index is 0.112. The zero-order valence-corrected chi connectivity index (χ0v) is 21.6. The molecule has 1 heterocycles. The van der Waals surface area contributed by atoms with Gasteiger partial charge in [-0.1, -0.05) is 0 Å². The molecule has 0 spiro atoms. The van der Waals surface area contributed by atoms with E-state index in [1.54, 1.807) is 6.07 Å². The van der Waals surface area contributed by atoms with Crippen molar-refractivity contribution < 1.29 is 30.8 Å². The van der Waals surface area contributed by atoms with Gasteiger partial charge < -0.3 is 10.6 Å². The van der Waals surface area contributed by atoms with Crippen LogP contribution in [0.4, 0.5) is 34.8 Å². The number of hydrogen-bond donors (Lipinski definition) is 3. The topological polar surface area (TPSA) is 100 Å². The maximum Gasteiger partial charge on any atom is 0.253 e. The maximum absolute atomic E-state index is 15.3. The fraction of sp³-hybridized carbons (Fsp3) is 0.217. The molecular weight excluding hydrogens is 615 g/mol. The lowest BCUT2D eigenvalue weighted by molar-refractivity contribution is 0.0951. The summed E-state index contributed by atoms with van der Waals surface area (Å²) in [5, 5.41) is 5.15. The Morgan fingerprint density at radius 2 is 1.78 bits per heavy atom. The molecule has 1 fully saturated rings. The van der Waals surface area contributed by atoms with Gasteiger partial charge in [-0.05, 0) is 76.9 Å². The summed E-state index contributed by atoms with van der Waals surface area (Å²) < 4.78 is 85.1. The summed E-state index contributed by atoms with van der Waals surface area (Å²) in [6, 6.07) is 6.19. The van der Waals surface area contributed by atoms with E-state index in [1.165, 1.54) is 18.2 Å². The van der Waals surface area contributed by atoms with Crippen LogP contribution in [0.1, 0.15) is 34.3 Å². The molecule has 3 aromatic rings. The Balaban J connectivity index is 1.76. The average Bonchev–Trinajstić information content (AvgIpc) is 3.60. The SMILES string of the molecule is CS(=O)(=O)Nc1nccc(Cc2cc(C(=O)NC3CC3)c(Nc3ccc(I)cc3F)c(F)c2F)c1F. The smallest absolute Gasteiger partial charge is 0.253 e. The largest absolute Gasteiger partial charge is 0.350 e. The first-order chi connectivity index (χ1) is 16.9. The van der Waals surface area contributed by atoms with E-state index in [1.807, 2.05) is 27.3 Å². The van der Waals surface area contributed by atoms with Gasteiger partial charge in [-0.2, -0.15) is 0 Å². The number of halogens is 5. The number of benzene rings is 2. The number of nitrogens with one attached hydrogen (secondary N) is 3. The van der Waals surface area contributed by atoms with Crippen LogP contribution in [0, 0.1) is 26.8 Å². The van der Waals surface area contributed by atoms with E-state index in [2.05, 4.69) is 15.6 Å². The minimum atomic E-state index is -3.85. The molecule has 7 nitrogen and oxygen atoms in total. The number of carbonyl (C=O) groups is 1. The molecule has 0 unspecified atom stereocenters. The molecule has 1 aliphatic rings. The second-order valence-electron chi connectivity index (χ2n) is 8.27. The van der Waals surface area contributed by atoms with Crippen molar-refractivity contribution in [3.05, 3.63) is 80.1 Å². The van der Waals surface area contributed by atoms with Gasteiger partial charge >= 0.3 is 0 Å². The predicted octanol–water partition coefficient (Wildman–Crippen LogP) is 4.84. The van der Waals surface area contributed by atoms with Gasteiger partial charge in [-0.3, -0.25) is 9.52 Å². The van der Waals surface area contributed by atoms with Crippen molar-refractivity contribution >= 4 is 55.7 Å². The van der Waals surface area contributed by atoms with Gasteiger partial charge in [-0.15, -0.1) is 0 Å². The van der Waals surface area contributed by atoms with Gasteiger partial charge in [0.15, 0.2) is 23.3 Å². The summed E-state index contributed by atoms with van der Waals surface area (Å²) in [7, 11) is -3.85. The summed E-state index contributed by atoms with van der Waals surface area (Å²) in [6.07, 6.45) is 2.86. The summed E-state index contributed by atoms with van der Waals surface area (Å²) in [5.74, 6) is -5.94. The van der Waals surface area contributed by atoms with Gasteiger partial charge in [-0.25, -0.2) is 31.0 Å². The van der Waals surface area contributed by atoms with Gasteiger partial charge in [0.1, 0.15) is 5.82 Å². The van der Waals surface area contributed by atoms with Crippen LogP contribution < -0.4 is 15.4 Å². The third kappa shape index (κ3) is 6.06. The Hall–Kier alpha value is -2.94. The van der Waals surface area contributed by atoms with E-state index in [9.17, 15) is 22.0 Å². The molecular formula is C23H19F4IN4O3S. The van der Waals surface area contributed by atoms with Gasteiger partial charge in [0.25, 0.3) is 5.91 Å². The quantitative estimate of drug-likeness (QED) is 0.244. The molecule has 190 valence electrons. The van der Waals surface area contributed by atoms with Crippen molar-refractivity contribution in [1.82, 2.24) is 10.3 Å². The number of hydrogen-bond acceptors (Lipinski definition) is 5. The van der Waals surface area contributed by atoms with E-state index in [-0.39, 0.29) is 28.4 Å². The zero-order valence-electron chi connectivity index (χ0n) is 18.6. The van der Waals surface area contributed by atoms with Crippen LogP contribution in [0.25, 0.3) is 0 Å². The lowest BCUT2D eigenvalue weighted by atomic mass is 9.99. The van der Waals surface area contributed by atoms with Crippen LogP contribution in [0.2, 0.25) is 0 Å². The van der Waals surface area contributed by atoms with Crippen LogP contribution in [-0.4, -0.2) is 31.6 Å². The van der Waals surface area contributed by atoms with E-state index in [4.69, 9.17) is 0 Å². The van der Waals surface area contributed by atoms with E-state index < -0.39 is 57.1 Å². The van der Waals surface area contributed by atoms with Gasteiger partial charge in [0.2, 0.25) is 10.0 Å². The highest BCUT2D eigenvalue weighted by Crippen LogP contribution is 2.33. The maximum atomic E-state index is 15.3. The summed E-state index contributed by atoms with van der Waals surface area (Å²) in [5.41, 5.74) is -1.58. The third-order valence-corrected chi connectivity index (χ3v) is 6.50. The zero-order chi connectivity index (χ0) is 26.2. The number of nitrogens with zero attached hydrogens (tertiary/aromatic N) is 1. The van der Waals surface area contributed by atoms with Crippen LogP contribution in [0.5, 0.6) is 0 Å². The highest BCUT2D eigenvalue weighted by atomic mass is 127. The lowest BCUT2D eigenvalue weighted by Crippen LogP contribution is -2.27. The average molecular weight is 634 g/mol. The summed E-state index contributed by atoms with van der Waals surface area (Å²) in [6.45, 7) is 0. The van der Waals surface area contributed by atoms with Crippen LogP contribution in [0.15, 0.2) is 36.5 Å². The first kappa shape index (κ1) is 26.1. The second kappa shape index (κ2) is 10.2. The van der Waals surface area contributed by atoms with Crippen LogP contribution in [0.3, 0.4) is 0 Å². The molecule has 36 heavy (non-hydrogen) atoms. The van der Waals surface area contributed by atoms with E-state index in [0.29, 0.717) is 3.57 Å². The molecule has 0 bridgehead atoms.